The fourth-order valence-corrected chi connectivity index (χ4v) is 1.09. The average Bonchev–Trinajstić information content (AvgIpc) is 2.25. The summed E-state index contributed by atoms with van der Waals surface area (Å²) in [5.41, 5.74) is -1.68. The first-order valence-corrected chi connectivity index (χ1v) is 4.33. The molecule has 0 bridgehead atoms. The molecule has 0 atom stereocenters. The van der Waals surface area contributed by atoms with Gasteiger partial charge in [0.1, 0.15) is 6.07 Å². The van der Waals surface area contributed by atoms with Crippen LogP contribution in [0.1, 0.15) is 0 Å². The van der Waals surface area contributed by atoms with Crippen molar-refractivity contribution < 1.29 is 29.6 Å². The number of hydrogen-bond acceptors (Lipinski definition) is 7. The van der Waals surface area contributed by atoms with E-state index in [-0.39, 0.29) is 0 Å². The smallest absolute Gasteiger partial charge is 0.341 e. The third kappa shape index (κ3) is 2.81. The summed E-state index contributed by atoms with van der Waals surface area (Å²) in [7, 11) is 0. The highest BCUT2D eigenvalue weighted by molar-refractivity contribution is 5.69. The van der Waals surface area contributed by atoms with E-state index in [1.165, 1.54) is 0 Å². The SMILES string of the molecule is O=C(O)COc1cc(O)c([N+](=O)[O-])cc1[N+](=O)[O-]. The Balaban J connectivity index is 3.24. The molecule has 96 valence electrons. The fraction of sp³-hybridized carbons (Fsp3) is 0.125. The maximum Gasteiger partial charge on any atom is 0.341 e. The molecule has 0 aromatic heterocycles. The molecule has 0 aliphatic heterocycles. The van der Waals surface area contributed by atoms with Crippen LogP contribution in [0.5, 0.6) is 11.5 Å². The van der Waals surface area contributed by atoms with Gasteiger partial charge in [0, 0.05) is 6.07 Å². The number of phenols is 1. The molecule has 0 aliphatic rings. The number of hydrogen-bond donors (Lipinski definition) is 2. The van der Waals surface area contributed by atoms with Gasteiger partial charge in [0.25, 0.3) is 0 Å². The first-order chi connectivity index (χ1) is 8.32. The van der Waals surface area contributed by atoms with Crippen molar-refractivity contribution in [3.8, 4) is 11.5 Å². The second kappa shape index (κ2) is 4.95. The topological polar surface area (TPSA) is 153 Å². The van der Waals surface area contributed by atoms with Gasteiger partial charge in [-0.05, 0) is 0 Å². The Morgan fingerprint density at radius 1 is 1.22 bits per heavy atom. The number of rotatable bonds is 5. The molecule has 0 radical (unpaired) electrons. The van der Waals surface area contributed by atoms with E-state index in [4.69, 9.17) is 5.11 Å². The van der Waals surface area contributed by atoms with Crippen molar-refractivity contribution in [2.24, 2.45) is 0 Å². The molecule has 0 saturated carbocycles. The third-order valence-electron chi connectivity index (χ3n) is 1.80. The van der Waals surface area contributed by atoms with Crippen LogP contribution in [-0.4, -0.2) is 32.6 Å². The summed E-state index contributed by atoms with van der Waals surface area (Å²) in [4.78, 5) is 29.3. The Kier molecular flexibility index (Phi) is 3.62. The van der Waals surface area contributed by atoms with E-state index in [1.807, 2.05) is 0 Å². The molecular weight excluding hydrogens is 252 g/mol. The number of aliphatic carboxylic acids is 1. The van der Waals surface area contributed by atoms with Crippen LogP contribution in [0, 0.1) is 20.2 Å². The molecule has 1 aromatic rings. The second-order valence-electron chi connectivity index (χ2n) is 3.01. The highest BCUT2D eigenvalue weighted by atomic mass is 16.6. The molecular formula is C8H6N2O8. The maximum absolute atomic E-state index is 10.6. The van der Waals surface area contributed by atoms with Gasteiger partial charge in [-0.3, -0.25) is 20.2 Å². The molecule has 0 heterocycles. The van der Waals surface area contributed by atoms with Crippen LogP contribution >= 0.6 is 0 Å². The number of nitro groups is 2. The summed E-state index contributed by atoms with van der Waals surface area (Å²) in [6.07, 6.45) is 0. The fourth-order valence-electron chi connectivity index (χ4n) is 1.09. The largest absolute Gasteiger partial charge is 0.502 e. The zero-order chi connectivity index (χ0) is 13.9. The van der Waals surface area contributed by atoms with E-state index in [9.17, 15) is 30.1 Å². The highest BCUT2D eigenvalue weighted by Crippen LogP contribution is 2.38. The van der Waals surface area contributed by atoms with E-state index in [0.29, 0.717) is 12.1 Å². The Bertz CT molecular complexity index is 526. The molecule has 10 heteroatoms. The number of carboxylic acid groups (broad SMARTS) is 1. The van der Waals surface area contributed by atoms with E-state index in [2.05, 4.69) is 4.74 Å². The van der Waals surface area contributed by atoms with Crippen molar-refractivity contribution in [1.29, 1.82) is 0 Å². The second-order valence-corrected chi connectivity index (χ2v) is 3.01. The minimum atomic E-state index is -1.39. The number of nitrogens with zero attached hydrogens (tertiary/aromatic N) is 2. The highest BCUT2D eigenvalue weighted by Gasteiger charge is 2.25. The molecule has 18 heavy (non-hydrogen) atoms. The summed E-state index contributed by atoms with van der Waals surface area (Å²) in [6.45, 7) is -0.877. The van der Waals surface area contributed by atoms with Gasteiger partial charge in [0.2, 0.25) is 5.75 Å². The number of carboxylic acids is 1. The van der Waals surface area contributed by atoms with Crippen LogP contribution < -0.4 is 4.74 Å². The zero-order valence-electron chi connectivity index (χ0n) is 8.60. The lowest BCUT2D eigenvalue weighted by molar-refractivity contribution is -0.395. The van der Waals surface area contributed by atoms with Crippen molar-refractivity contribution >= 4 is 17.3 Å². The van der Waals surface area contributed by atoms with Crippen LogP contribution in [0.4, 0.5) is 11.4 Å². The zero-order valence-corrected chi connectivity index (χ0v) is 8.60. The Morgan fingerprint density at radius 2 is 1.78 bits per heavy atom. The number of phenolic OH excluding ortho intramolecular Hbond substituents is 1. The number of aromatic hydroxyl groups is 1. The summed E-state index contributed by atoms with van der Waals surface area (Å²) in [5, 5.41) is 38.7. The van der Waals surface area contributed by atoms with Crippen molar-refractivity contribution in [2.45, 2.75) is 0 Å². The first kappa shape index (κ1) is 13.2. The Hall–Kier alpha value is -2.91. The van der Waals surface area contributed by atoms with Gasteiger partial charge < -0.3 is 14.9 Å². The number of nitro benzene ring substituents is 2. The van der Waals surface area contributed by atoms with Crippen molar-refractivity contribution in [3.05, 3.63) is 32.4 Å². The van der Waals surface area contributed by atoms with Gasteiger partial charge in [-0.1, -0.05) is 0 Å². The summed E-state index contributed by atoms with van der Waals surface area (Å²) in [6, 6.07) is 1.12. The molecule has 2 N–H and O–H groups in total. The lowest BCUT2D eigenvalue weighted by Gasteiger charge is -2.05. The van der Waals surface area contributed by atoms with Gasteiger partial charge in [-0.15, -0.1) is 0 Å². The monoisotopic (exact) mass is 258 g/mol. The molecule has 0 aliphatic carbocycles. The summed E-state index contributed by atoms with van der Waals surface area (Å²) < 4.78 is 4.55. The van der Waals surface area contributed by atoms with Crippen molar-refractivity contribution in [3.63, 3.8) is 0 Å². The molecule has 1 rings (SSSR count). The molecule has 0 spiro atoms. The molecule has 0 amide bonds. The Labute approximate surface area is 98.3 Å². The third-order valence-corrected chi connectivity index (χ3v) is 1.80. The van der Waals surface area contributed by atoms with Gasteiger partial charge in [0.05, 0.1) is 9.85 Å². The van der Waals surface area contributed by atoms with Crippen LogP contribution in [0.15, 0.2) is 12.1 Å². The number of carbonyl (C=O) groups is 1. The predicted octanol–water partition coefficient (Wildman–Crippen LogP) is 0.672. The molecule has 0 unspecified atom stereocenters. The predicted molar refractivity (Wildman–Crippen MR) is 54.5 cm³/mol. The normalized spacial score (nSPS) is 9.78. The number of benzene rings is 1. The van der Waals surface area contributed by atoms with Crippen molar-refractivity contribution in [1.82, 2.24) is 0 Å². The standard InChI is InChI=1S/C8H6N2O8/c11-6-2-7(18-3-8(12)13)5(10(16)17)1-4(6)9(14)15/h1-2,11H,3H2,(H,12,13). The molecule has 0 saturated heterocycles. The van der Waals surface area contributed by atoms with E-state index in [1.54, 1.807) is 0 Å². The van der Waals surface area contributed by atoms with Crippen molar-refractivity contribution in [2.75, 3.05) is 6.61 Å². The van der Waals surface area contributed by atoms with Gasteiger partial charge in [0.15, 0.2) is 12.4 Å². The van der Waals surface area contributed by atoms with Crippen LogP contribution in [0.3, 0.4) is 0 Å². The van der Waals surface area contributed by atoms with Gasteiger partial charge in [-0.25, -0.2) is 4.79 Å². The van der Waals surface area contributed by atoms with Gasteiger partial charge in [-0.2, -0.15) is 0 Å². The van der Waals surface area contributed by atoms with E-state index >= 15 is 0 Å². The van der Waals surface area contributed by atoms with Crippen LogP contribution in [0.2, 0.25) is 0 Å². The number of ether oxygens (including phenoxy) is 1. The quantitative estimate of drug-likeness (QED) is 0.576. The van der Waals surface area contributed by atoms with Crippen LogP contribution in [0.25, 0.3) is 0 Å². The Morgan fingerprint density at radius 3 is 2.22 bits per heavy atom. The minimum absolute atomic E-state index is 0.493. The van der Waals surface area contributed by atoms with E-state index in [0.717, 1.165) is 0 Å². The lowest BCUT2D eigenvalue weighted by atomic mass is 10.2. The summed E-state index contributed by atoms with van der Waals surface area (Å²) in [5.74, 6) is -2.81. The minimum Gasteiger partial charge on any atom is -0.502 e. The maximum atomic E-state index is 10.6. The first-order valence-electron chi connectivity index (χ1n) is 4.33. The molecule has 0 fully saturated rings. The lowest BCUT2D eigenvalue weighted by Crippen LogP contribution is -2.10. The summed E-state index contributed by atoms with van der Waals surface area (Å²) >= 11 is 0. The molecule has 1 aromatic carbocycles. The van der Waals surface area contributed by atoms with E-state index < -0.39 is 45.3 Å². The average molecular weight is 258 g/mol. The van der Waals surface area contributed by atoms with Crippen LogP contribution in [-0.2, 0) is 4.79 Å². The van der Waals surface area contributed by atoms with Gasteiger partial charge >= 0.3 is 17.3 Å². The molecule has 10 nitrogen and oxygen atoms in total.